The number of para-hydroxylation sites is 1. The minimum atomic E-state index is -1.28. The molecular weight excluding hydrogens is 492 g/mol. The SMILES string of the molecule is CC#CCC(c1cc2cc(Br)ccc2nc1OC)C(O)(CCN(C)C)c1cccc2ccoc12. The minimum Gasteiger partial charge on any atom is -0.481 e. The highest BCUT2D eigenvalue weighted by atomic mass is 79.9. The normalized spacial score (nSPS) is 14.1. The number of ether oxygens (including phenoxy) is 1. The zero-order chi connectivity index (χ0) is 24.3. The van der Waals surface area contributed by atoms with E-state index in [2.05, 4.69) is 38.7 Å². The molecule has 0 fully saturated rings. The summed E-state index contributed by atoms with van der Waals surface area (Å²) in [6, 6.07) is 15.8. The Kier molecular flexibility index (Phi) is 7.27. The molecule has 2 atom stereocenters. The van der Waals surface area contributed by atoms with Gasteiger partial charge in [-0.3, -0.25) is 0 Å². The first-order valence-electron chi connectivity index (χ1n) is 11.2. The van der Waals surface area contributed by atoms with Crippen LogP contribution in [0.15, 0.2) is 63.7 Å². The molecule has 34 heavy (non-hydrogen) atoms. The van der Waals surface area contributed by atoms with E-state index >= 15 is 0 Å². The van der Waals surface area contributed by atoms with Crippen LogP contribution in [0.25, 0.3) is 21.9 Å². The number of hydrogen-bond donors (Lipinski definition) is 1. The van der Waals surface area contributed by atoms with Gasteiger partial charge >= 0.3 is 0 Å². The Bertz CT molecular complexity index is 1370. The van der Waals surface area contributed by atoms with E-state index in [-0.39, 0.29) is 0 Å². The molecule has 4 aromatic rings. The first-order chi connectivity index (χ1) is 16.4. The van der Waals surface area contributed by atoms with E-state index in [1.54, 1.807) is 13.4 Å². The topological polar surface area (TPSA) is 58.7 Å². The summed E-state index contributed by atoms with van der Waals surface area (Å²) in [5, 5.41) is 14.5. The van der Waals surface area contributed by atoms with Crippen LogP contribution in [-0.2, 0) is 5.60 Å². The lowest BCUT2D eigenvalue weighted by molar-refractivity contribution is -0.00598. The fraction of sp³-hybridized carbons (Fsp3) is 0.321. The number of benzene rings is 2. The van der Waals surface area contributed by atoms with Crippen LogP contribution >= 0.6 is 15.9 Å². The lowest BCUT2D eigenvalue weighted by Gasteiger charge is -2.37. The second-order valence-corrected chi connectivity index (χ2v) is 9.65. The molecule has 2 heterocycles. The van der Waals surface area contributed by atoms with Crippen molar-refractivity contribution in [3.63, 3.8) is 0 Å². The molecule has 176 valence electrons. The molecule has 2 aromatic heterocycles. The molecule has 4 rings (SSSR count). The summed E-state index contributed by atoms with van der Waals surface area (Å²) in [5.74, 6) is 6.32. The average Bonchev–Trinajstić information content (AvgIpc) is 3.31. The van der Waals surface area contributed by atoms with Gasteiger partial charge in [0.1, 0.15) is 11.2 Å². The maximum Gasteiger partial charge on any atom is 0.217 e. The maximum atomic E-state index is 12.6. The molecule has 0 amide bonds. The van der Waals surface area contributed by atoms with E-state index in [1.165, 1.54) is 0 Å². The summed E-state index contributed by atoms with van der Waals surface area (Å²) in [7, 11) is 5.63. The molecule has 0 radical (unpaired) electrons. The molecule has 0 saturated heterocycles. The third kappa shape index (κ3) is 4.69. The predicted molar refractivity (Wildman–Crippen MR) is 140 cm³/mol. The molecule has 6 heteroatoms. The molecule has 0 bridgehead atoms. The van der Waals surface area contributed by atoms with Crippen molar-refractivity contribution in [2.24, 2.45) is 0 Å². The lowest BCUT2D eigenvalue weighted by Crippen LogP contribution is -2.37. The fourth-order valence-electron chi connectivity index (χ4n) is 4.52. The molecule has 0 saturated carbocycles. The number of furan rings is 1. The van der Waals surface area contributed by atoms with Crippen molar-refractivity contribution in [3.8, 4) is 17.7 Å². The van der Waals surface area contributed by atoms with E-state index in [9.17, 15) is 5.11 Å². The highest BCUT2D eigenvalue weighted by molar-refractivity contribution is 9.10. The number of pyridine rings is 1. The fourth-order valence-corrected chi connectivity index (χ4v) is 4.90. The largest absolute Gasteiger partial charge is 0.481 e. The summed E-state index contributed by atoms with van der Waals surface area (Å²) in [4.78, 5) is 6.85. The highest BCUT2D eigenvalue weighted by Gasteiger charge is 2.42. The molecule has 0 spiro atoms. The van der Waals surface area contributed by atoms with Crippen LogP contribution < -0.4 is 4.74 Å². The smallest absolute Gasteiger partial charge is 0.217 e. The molecular formula is C28H29BrN2O3. The van der Waals surface area contributed by atoms with Crippen molar-refractivity contribution in [3.05, 3.63) is 70.4 Å². The maximum absolute atomic E-state index is 12.6. The minimum absolute atomic E-state index is 0.401. The van der Waals surface area contributed by atoms with E-state index < -0.39 is 11.5 Å². The molecule has 2 unspecified atom stereocenters. The number of aliphatic hydroxyl groups is 1. The summed E-state index contributed by atoms with van der Waals surface area (Å²) >= 11 is 3.56. The molecule has 5 nitrogen and oxygen atoms in total. The van der Waals surface area contributed by atoms with E-state index in [4.69, 9.17) is 14.1 Å². The van der Waals surface area contributed by atoms with Crippen LogP contribution in [0.1, 0.15) is 36.8 Å². The lowest BCUT2D eigenvalue weighted by atomic mass is 9.73. The van der Waals surface area contributed by atoms with Gasteiger partial charge in [-0.1, -0.05) is 34.1 Å². The first kappa shape index (κ1) is 24.3. The monoisotopic (exact) mass is 520 g/mol. The Morgan fingerprint density at radius 2 is 2.00 bits per heavy atom. The van der Waals surface area contributed by atoms with Crippen LogP contribution in [0.2, 0.25) is 0 Å². The van der Waals surface area contributed by atoms with Crippen molar-refractivity contribution < 1.29 is 14.3 Å². The summed E-state index contributed by atoms with van der Waals surface area (Å²) in [6.45, 7) is 2.49. The molecule has 0 aliphatic carbocycles. The summed E-state index contributed by atoms with van der Waals surface area (Å²) < 4.78 is 12.6. The van der Waals surface area contributed by atoms with Crippen LogP contribution in [0.5, 0.6) is 5.88 Å². The van der Waals surface area contributed by atoms with E-state index in [0.29, 0.717) is 30.8 Å². The second-order valence-electron chi connectivity index (χ2n) is 8.73. The number of hydrogen-bond acceptors (Lipinski definition) is 5. The van der Waals surface area contributed by atoms with Crippen molar-refractivity contribution in [1.29, 1.82) is 0 Å². The van der Waals surface area contributed by atoms with Gasteiger partial charge in [-0.15, -0.1) is 11.8 Å². The van der Waals surface area contributed by atoms with Gasteiger partial charge in [-0.25, -0.2) is 4.98 Å². The van der Waals surface area contributed by atoms with Crippen molar-refractivity contribution in [2.75, 3.05) is 27.7 Å². The van der Waals surface area contributed by atoms with Gasteiger partial charge in [0.15, 0.2) is 0 Å². The van der Waals surface area contributed by atoms with Crippen molar-refractivity contribution >= 4 is 37.8 Å². The van der Waals surface area contributed by atoms with E-state index in [1.807, 2.05) is 63.5 Å². The molecule has 2 aromatic carbocycles. The average molecular weight is 521 g/mol. The molecule has 0 aliphatic rings. The summed E-state index contributed by atoms with van der Waals surface area (Å²) in [6.07, 6.45) is 2.59. The van der Waals surface area contributed by atoms with Gasteiger partial charge in [-0.05, 0) is 57.8 Å². The number of methoxy groups -OCH3 is 1. The Labute approximate surface area is 208 Å². The van der Waals surface area contributed by atoms with Gasteiger partial charge in [-0.2, -0.15) is 0 Å². The van der Waals surface area contributed by atoms with Crippen molar-refractivity contribution in [1.82, 2.24) is 9.88 Å². The van der Waals surface area contributed by atoms with Crippen LogP contribution in [0.4, 0.5) is 0 Å². The number of fused-ring (bicyclic) bond motifs is 2. The molecule has 1 N–H and O–H groups in total. The highest BCUT2D eigenvalue weighted by Crippen LogP contribution is 2.47. The predicted octanol–water partition coefficient (Wildman–Crippen LogP) is 6.09. The van der Waals surface area contributed by atoms with Crippen LogP contribution in [-0.4, -0.2) is 42.7 Å². The Balaban J connectivity index is 1.98. The first-order valence-corrected chi connectivity index (χ1v) is 12.0. The van der Waals surface area contributed by atoms with Gasteiger partial charge in [0, 0.05) is 45.3 Å². The number of rotatable bonds is 8. The second kappa shape index (κ2) is 10.2. The Morgan fingerprint density at radius 3 is 2.74 bits per heavy atom. The van der Waals surface area contributed by atoms with Gasteiger partial charge < -0.3 is 19.2 Å². The quantitative estimate of drug-likeness (QED) is 0.285. The standard InChI is InChI=1S/C28H29BrN2O3/c1-5-6-9-23(22-18-20-17-21(29)11-12-25(20)30-27(22)33-4)28(32,14-15-31(2)3)24-10-7-8-19-13-16-34-26(19)24/h7-8,10-13,16-18,23,32H,9,14-15H2,1-4H3. The van der Waals surface area contributed by atoms with Crippen LogP contribution in [0, 0.1) is 11.8 Å². The van der Waals surface area contributed by atoms with Crippen LogP contribution in [0.3, 0.4) is 0 Å². The third-order valence-corrected chi connectivity index (χ3v) is 6.78. The number of aromatic nitrogens is 1. The Morgan fingerprint density at radius 1 is 1.18 bits per heavy atom. The zero-order valence-electron chi connectivity index (χ0n) is 19.9. The molecule has 0 aliphatic heterocycles. The summed E-state index contributed by atoms with van der Waals surface area (Å²) in [5.41, 5.74) is 1.81. The van der Waals surface area contributed by atoms with Gasteiger partial charge in [0.2, 0.25) is 5.88 Å². The van der Waals surface area contributed by atoms with Gasteiger partial charge in [0.05, 0.1) is 18.9 Å². The zero-order valence-corrected chi connectivity index (χ0v) is 21.5. The third-order valence-electron chi connectivity index (χ3n) is 6.28. The van der Waals surface area contributed by atoms with Gasteiger partial charge in [0.25, 0.3) is 0 Å². The van der Waals surface area contributed by atoms with E-state index in [0.717, 1.165) is 31.9 Å². The van der Waals surface area contributed by atoms with Crippen molar-refractivity contribution in [2.45, 2.75) is 31.3 Å². The number of halogens is 1. The number of nitrogens with zero attached hydrogens (tertiary/aromatic N) is 2. The Hall–Kier alpha value is -2.85.